The zero-order chi connectivity index (χ0) is 9.26. The second-order valence-corrected chi connectivity index (χ2v) is 3.03. The van der Waals surface area contributed by atoms with E-state index >= 15 is 0 Å². The SMILES string of the molecule is O=c1c(O)cccc2c1CCCO2. The first-order chi connectivity index (χ1) is 6.29. The second kappa shape index (κ2) is 3.09. The molecule has 1 aromatic carbocycles. The van der Waals surface area contributed by atoms with Crippen LogP contribution in [0.5, 0.6) is 11.5 Å². The zero-order valence-electron chi connectivity index (χ0n) is 7.12. The lowest BCUT2D eigenvalue weighted by atomic mass is 10.1. The van der Waals surface area contributed by atoms with Gasteiger partial charge in [0.15, 0.2) is 5.75 Å². The Labute approximate surface area is 75.6 Å². The van der Waals surface area contributed by atoms with Crippen molar-refractivity contribution in [3.05, 3.63) is 34.0 Å². The lowest BCUT2D eigenvalue weighted by Crippen LogP contribution is -2.15. The van der Waals surface area contributed by atoms with Gasteiger partial charge in [0.05, 0.1) is 6.61 Å². The lowest BCUT2D eigenvalue weighted by molar-refractivity contribution is 0.288. The second-order valence-electron chi connectivity index (χ2n) is 3.03. The lowest BCUT2D eigenvalue weighted by Gasteiger charge is -2.13. The van der Waals surface area contributed by atoms with Crippen molar-refractivity contribution in [2.75, 3.05) is 6.61 Å². The van der Waals surface area contributed by atoms with E-state index in [0.29, 0.717) is 24.3 Å². The first-order valence-electron chi connectivity index (χ1n) is 4.27. The molecule has 0 bridgehead atoms. The monoisotopic (exact) mass is 178 g/mol. The zero-order valence-corrected chi connectivity index (χ0v) is 7.12. The summed E-state index contributed by atoms with van der Waals surface area (Å²) in [6.07, 6.45) is 1.53. The molecule has 68 valence electrons. The van der Waals surface area contributed by atoms with E-state index in [1.165, 1.54) is 6.07 Å². The number of ether oxygens (including phenoxy) is 1. The van der Waals surface area contributed by atoms with Gasteiger partial charge in [0.25, 0.3) is 0 Å². The van der Waals surface area contributed by atoms with Gasteiger partial charge >= 0.3 is 0 Å². The summed E-state index contributed by atoms with van der Waals surface area (Å²) in [6.45, 7) is 0.650. The molecule has 0 atom stereocenters. The van der Waals surface area contributed by atoms with Crippen molar-refractivity contribution in [2.45, 2.75) is 12.8 Å². The van der Waals surface area contributed by atoms with E-state index in [0.717, 1.165) is 6.42 Å². The molecule has 0 radical (unpaired) electrons. The topological polar surface area (TPSA) is 46.5 Å². The van der Waals surface area contributed by atoms with Gasteiger partial charge in [-0.25, -0.2) is 0 Å². The van der Waals surface area contributed by atoms with E-state index in [9.17, 15) is 9.90 Å². The number of fused-ring (bicyclic) bond motifs is 1. The average molecular weight is 178 g/mol. The summed E-state index contributed by atoms with van der Waals surface area (Å²) in [5.74, 6) is 0.406. The van der Waals surface area contributed by atoms with E-state index in [1.807, 2.05) is 0 Å². The van der Waals surface area contributed by atoms with Gasteiger partial charge in [-0.05, 0) is 25.0 Å². The first kappa shape index (κ1) is 8.10. The highest BCUT2D eigenvalue weighted by atomic mass is 16.5. The molecule has 1 aliphatic rings. The number of rotatable bonds is 0. The summed E-state index contributed by atoms with van der Waals surface area (Å²) in [6, 6.07) is 4.74. The summed E-state index contributed by atoms with van der Waals surface area (Å²) >= 11 is 0. The van der Waals surface area contributed by atoms with Crippen molar-refractivity contribution in [3.63, 3.8) is 0 Å². The fourth-order valence-electron chi connectivity index (χ4n) is 1.47. The van der Waals surface area contributed by atoms with E-state index in [4.69, 9.17) is 4.74 Å². The van der Waals surface area contributed by atoms with Gasteiger partial charge in [-0.15, -0.1) is 0 Å². The van der Waals surface area contributed by atoms with Crippen LogP contribution in [0.4, 0.5) is 0 Å². The van der Waals surface area contributed by atoms with Crippen LogP contribution in [-0.2, 0) is 6.42 Å². The molecule has 1 aliphatic heterocycles. The van der Waals surface area contributed by atoms with Crippen molar-refractivity contribution in [3.8, 4) is 11.5 Å². The Bertz CT molecular complexity index is 385. The number of hydrogen-bond donors (Lipinski definition) is 1. The highest BCUT2D eigenvalue weighted by Gasteiger charge is 2.13. The summed E-state index contributed by atoms with van der Waals surface area (Å²) in [5.41, 5.74) is 0.286. The molecule has 1 N–H and O–H groups in total. The first-order valence-corrected chi connectivity index (χ1v) is 4.27. The minimum absolute atomic E-state index is 0.202. The Kier molecular flexibility index (Phi) is 1.93. The summed E-state index contributed by atoms with van der Waals surface area (Å²) in [4.78, 5) is 11.5. The Morgan fingerprint density at radius 2 is 2.23 bits per heavy atom. The summed E-state index contributed by atoms with van der Waals surface area (Å²) < 4.78 is 5.31. The highest BCUT2D eigenvalue weighted by molar-refractivity contribution is 5.38. The molecule has 0 aromatic heterocycles. The van der Waals surface area contributed by atoms with Crippen LogP contribution in [0.3, 0.4) is 0 Å². The van der Waals surface area contributed by atoms with Gasteiger partial charge in [0, 0.05) is 5.56 Å². The molecule has 0 aliphatic carbocycles. The van der Waals surface area contributed by atoms with Crippen molar-refractivity contribution in [2.24, 2.45) is 0 Å². The molecule has 1 aromatic rings. The standard InChI is InChI=1S/C10H10O3/c11-8-4-1-5-9-7(10(8)12)3-2-6-13-9/h1,4-5H,2-3,6H2,(H,11,12). The van der Waals surface area contributed by atoms with Crippen LogP contribution >= 0.6 is 0 Å². The quantitative estimate of drug-likeness (QED) is 0.646. The van der Waals surface area contributed by atoms with E-state index < -0.39 is 0 Å². The van der Waals surface area contributed by atoms with Crippen molar-refractivity contribution in [1.82, 2.24) is 0 Å². The van der Waals surface area contributed by atoms with Crippen LogP contribution in [0, 0.1) is 0 Å². The fraction of sp³-hybridized carbons (Fsp3) is 0.300. The van der Waals surface area contributed by atoms with Crippen LogP contribution in [-0.4, -0.2) is 11.7 Å². The van der Waals surface area contributed by atoms with Gasteiger partial charge in [-0.3, -0.25) is 4.79 Å². The predicted octanol–water partition coefficient (Wildman–Crippen LogP) is 1.08. The highest BCUT2D eigenvalue weighted by Crippen LogP contribution is 2.21. The van der Waals surface area contributed by atoms with Gasteiger partial charge in [0.1, 0.15) is 5.75 Å². The maximum atomic E-state index is 11.5. The molecule has 0 fully saturated rings. The maximum Gasteiger partial charge on any atom is 0.226 e. The van der Waals surface area contributed by atoms with Crippen molar-refractivity contribution in [1.29, 1.82) is 0 Å². The van der Waals surface area contributed by atoms with Crippen LogP contribution in [0.25, 0.3) is 0 Å². The van der Waals surface area contributed by atoms with E-state index in [1.54, 1.807) is 12.1 Å². The molecule has 0 amide bonds. The molecular weight excluding hydrogens is 168 g/mol. The Hall–Kier alpha value is -1.51. The minimum Gasteiger partial charge on any atom is -0.504 e. The molecule has 3 nitrogen and oxygen atoms in total. The average Bonchev–Trinajstić information content (AvgIpc) is 2.29. The smallest absolute Gasteiger partial charge is 0.226 e. The largest absolute Gasteiger partial charge is 0.504 e. The Morgan fingerprint density at radius 3 is 3.08 bits per heavy atom. The molecule has 1 heterocycles. The van der Waals surface area contributed by atoms with Crippen LogP contribution in [0.1, 0.15) is 12.0 Å². The van der Waals surface area contributed by atoms with Crippen LogP contribution < -0.4 is 10.2 Å². The number of aromatic hydroxyl groups is 1. The van der Waals surface area contributed by atoms with Crippen LogP contribution in [0.2, 0.25) is 0 Å². The summed E-state index contributed by atoms with van der Waals surface area (Å²) in [7, 11) is 0. The van der Waals surface area contributed by atoms with Crippen LogP contribution in [0.15, 0.2) is 23.0 Å². The molecule has 0 saturated heterocycles. The minimum atomic E-state index is -0.306. The Morgan fingerprint density at radius 1 is 1.38 bits per heavy atom. The summed E-state index contributed by atoms with van der Waals surface area (Å²) in [5, 5.41) is 9.27. The third-order valence-electron chi connectivity index (χ3n) is 2.13. The number of hydrogen-bond acceptors (Lipinski definition) is 3. The van der Waals surface area contributed by atoms with Gasteiger partial charge in [0.2, 0.25) is 5.43 Å². The fourth-order valence-corrected chi connectivity index (χ4v) is 1.47. The van der Waals surface area contributed by atoms with E-state index in [2.05, 4.69) is 0 Å². The predicted molar refractivity (Wildman–Crippen MR) is 48.2 cm³/mol. The molecule has 0 unspecified atom stereocenters. The Balaban J connectivity index is 2.70. The molecule has 13 heavy (non-hydrogen) atoms. The van der Waals surface area contributed by atoms with Crippen molar-refractivity contribution < 1.29 is 9.84 Å². The third-order valence-corrected chi connectivity index (χ3v) is 2.13. The van der Waals surface area contributed by atoms with Gasteiger partial charge < -0.3 is 9.84 Å². The molecule has 3 heteroatoms. The van der Waals surface area contributed by atoms with Gasteiger partial charge in [-0.1, -0.05) is 6.07 Å². The normalized spacial score (nSPS) is 14.5. The molecule has 2 rings (SSSR count). The van der Waals surface area contributed by atoms with Gasteiger partial charge in [-0.2, -0.15) is 0 Å². The van der Waals surface area contributed by atoms with E-state index in [-0.39, 0.29) is 11.2 Å². The third kappa shape index (κ3) is 1.37. The van der Waals surface area contributed by atoms with Crippen molar-refractivity contribution >= 4 is 0 Å². The molecule has 0 spiro atoms. The molecular formula is C10H10O3. The maximum absolute atomic E-state index is 11.5. The molecule has 0 saturated carbocycles.